The number of hydrogen-bond donors (Lipinski definition) is 1. The van der Waals surface area contributed by atoms with Crippen LogP contribution in [0.2, 0.25) is 5.02 Å². The Morgan fingerprint density at radius 3 is 2.52 bits per heavy atom. The van der Waals surface area contributed by atoms with Gasteiger partial charge in [-0.2, -0.15) is 5.10 Å². The number of aromatic nitrogens is 6. The monoisotopic (exact) mass is 438 g/mol. The molecule has 1 fully saturated rings. The molecule has 0 unspecified atom stereocenters. The van der Waals surface area contributed by atoms with Crippen molar-refractivity contribution in [2.75, 3.05) is 38.1 Å². The summed E-state index contributed by atoms with van der Waals surface area (Å²) in [6.45, 7) is 4.05. The molecule has 4 heterocycles. The summed E-state index contributed by atoms with van der Waals surface area (Å²) in [4.78, 5) is 27.2. The zero-order valence-electron chi connectivity index (χ0n) is 17.4. The molecule has 160 valence electrons. The number of hydrogen-bond acceptors (Lipinski definition) is 7. The molecule has 1 N–H and O–H groups in total. The number of benzene rings is 1. The standard InChI is InChI=1S/C18H20ClN5.C3H3N3O/c1-22-7-9-24(10-8-22)17-11-13(14(19)12-20-17)18-21-15-5-3-4-6-16(15)23(18)2;7-1-3-4-2-5-6-3/h3-6,11-12H,7-10H2,1-2H3;1-2H,(H,4,5,6). The highest BCUT2D eigenvalue weighted by atomic mass is 35.5. The van der Waals surface area contributed by atoms with Crippen LogP contribution >= 0.6 is 11.6 Å². The van der Waals surface area contributed by atoms with Gasteiger partial charge in [0, 0.05) is 45.0 Å². The molecule has 1 aliphatic rings. The Morgan fingerprint density at radius 2 is 1.87 bits per heavy atom. The average molecular weight is 439 g/mol. The Morgan fingerprint density at radius 1 is 1.10 bits per heavy atom. The van der Waals surface area contributed by atoms with E-state index in [0.717, 1.165) is 54.4 Å². The number of H-pyrrole nitrogens is 1. The Labute approximate surface area is 184 Å². The number of rotatable bonds is 3. The van der Waals surface area contributed by atoms with Crippen molar-refractivity contribution in [2.24, 2.45) is 7.05 Å². The molecule has 0 radical (unpaired) electrons. The van der Waals surface area contributed by atoms with Gasteiger partial charge in [-0.1, -0.05) is 23.7 Å². The number of piperazine rings is 1. The van der Waals surface area contributed by atoms with E-state index in [2.05, 4.69) is 53.7 Å². The Balaban J connectivity index is 0.000000282. The SMILES string of the molecule is CN1CCN(c2cc(-c3nc4ccccc4n3C)c(Cl)cn2)CC1.O=Cc1ncn[nH]1. The second-order valence-electron chi connectivity index (χ2n) is 7.28. The van der Waals surface area contributed by atoms with Crippen LogP contribution < -0.4 is 4.90 Å². The summed E-state index contributed by atoms with van der Waals surface area (Å²) < 4.78 is 2.09. The first-order chi connectivity index (χ1) is 15.1. The van der Waals surface area contributed by atoms with Crippen LogP contribution in [0, 0.1) is 0 Å². The minimum atomic E-state index is 0.264. The molecule has 0 saturated carbocycles. The summed E-state index contributed by atoms with van der Waals surface area (Å²) in [5, 5.41) is 6.41. The third-order valence-corrected chi connectivity index (χ3v) is 5.54. The van der Waals surface area contributed by atoms with E-state index in [1.807, 2.05) is 25.2 Å². The van der Waals surface area contributed by atoms with E-state index in [9.17, 15) is 4.79 Å². The van der Waals surface area contributed by atoms with Crippen molar-refractivity contribution in [2.45, 2.75) is 0 Å². The minimum Gasteiger partial charge on any atom is -0.354 e. The molecule has 0 atom stereocenters. The van der Waals surface area contributed by atoms with Gasteiger partial charge in [-0.15, -0.1) is 0 Å². The summed E-state index contributed by atoms with van der Waals surface area (Å²) >= 11 is 6.45. The number of pyridine rings is 1. The zero-order chi connectivity index (χ0) is 21.8. The lowest BCUT2D eigenvalue weighted by molar-refractivity contribution is 0.111. The van der Waals surface area contributed by atoms with Gasteiger partial charge in [-0.3, -0.25) is 9.89 Å². The number of aromatic amines is 1. The summed E-state index contributed by atoms with van der Waals surface area (Å²) in [6, 6.07) is 10.2. The number of halogens is 1. The van der Waals surface area contributed by atoms with Crippen LogP contribution in [-0.2, 0) is 7.05 Å². The summed E-state index contributed by atoms with van der Waals surface area (Å²) in [6.07, 6.45) is 3.63. The number of anilines is 1. The van der Waals surface area contributed by atoms with Gasteiger partial charge in [0.1, 0.15) is 18.0 Å². The van der Waals surface area contributed by atoms with E-state index in [-0.39, 0.29) is 5.82 Å². The number of carbonyl (C=O) groups excluding carboxylic acids is 1. The highest BCUT2D eigenvalue weighted by molar-refractivity contribution is 6.33. The molecule has 9 nitrogen and oxygen atoms in total. The molecule has 0 bridgehead atoms. The first-order valence-electron chi connectivity index (χ1n) is 9.88. The topological polar surface area (TPSA) is 95.8 Å². The Kier molecular flexibility index (Phi) is 6.24. The third kappa shape index (κ3) is 4.57. The van der Waals surface area contributed by atoms with Crippen LogP contribution in [0.15, 0.2) is 42.9 Å². The highest BCUT2D eigenvalue weighted by Crippen LogP contribution is 2.31. The van der Waals surface area contributed by atoms with E-state index >= 15 is 0 Å². The number of imidazole rings is 1. The normalized spacial score (nSPS) is 14.4. The van der Waals surface area contributed by atoms with Crippen molar-refractivity contribution >= 4 is 34.7 Å². The van der Waals surface area contributed by atoms with Crippen molar-refractivity contribution in [3.8, 4) is 11.4 Å². The lowest BCUT2D eigenvalue weighted by Gasteiger charge is -2.33. The largest absolute Gasteiger partial charge is 0.354 e. The second kappa shape index (κ2) is 9.23. The van der Waals surface area contributed by atoms with Crippen molar-refractivity contribution < 1.29 is 4.79 Å². The van der Waals surface area contributed by atoms with Crippen molar-refractivity contribution in [1.82, 2.24) is 34.6 Å². The van der Waals surface area contributed by atoms with E-state index in [1.54, 1.807) is 6.20 Å². The molecule has 1 aromatic carbocycles. The van der Waals surface area contributed by atoms with Crippen LogP contribution in [0.3, 0.4) is 0 Å². The van der Waals surface area contributed by atoms with Crippen molar-refractivity contribution in [3.05, 3.63) is 53.7 Å². The van der Waals surface area contributed by atoms with Crippen LogP contribution in [0.25, 0.3) is 22.4 Å². The van der Waals surface area contributed by atoms with Gasteiger partial charge in [0.15, 0.2) is 12.1 Å². The summed E-state index contributed by atoms with van der Waals surface area (Å²) in [5.74, 6) is 2.11. The third-order valence-electron chi connectivity index (χ3n) is 5.24. The predicted molar refractivity (Wildman–Crippen MR) is 120 cm³/mol. The molecule has 1 aliphatic heterocycles. The number of nitrogens with zero attached hydrogens (tertiary/aromatic N) is 7. The first-order valence-corrected chi connectivity index (χ1v) is 10.3. The number of nitrogens with one attached hydrogen (secondary N) is 1. The van der Waals surface area contributed by atoms with Gasteiger partial charge < -0.3 is 14.4 Å². The highest BCUT2D eigenvalue weighted by Gasteiger charge is 2.19. The van der Waals surface area contributed by atoms with Crippen molar-refractivity contribution in [3.63, 3.8) is 0 Å². The Hall–Kier alpha value is -3.30. The Bertz CT molecular complexity index is 1170. The molecule has 0 aliphatic carbocycles. The van der Waals surface area contributed by atoms with Crippen LogP contribution in [0.4, 0.5) is 5.82 Å². The molecular weight excluding hydrogens is 416 g/mol. The number of para-hydroxylation sites is 2. The maximum atomic E-state index is 9.73. The molecule has 5 rings (SSSR count). The van der Waals surface area contributed by atoms with E-state index in [1.165, 1.54) is 6.33 Å². The van der Waals surface area contributed by atoms with E-state index in [0.29, 0.717) is 11.3 Å². The quantitative estimate of drug-likeness (QED) is 0.491. The summed E-state index contributed by atoms with van der Waals surface area (Å²) in [5.41, 5.74) is 3.00. The maximum absolute atomic E-state index is 9.73. The fraction of sp³-hybridized carbons (Fsp3) is 0.286. The second-order valence-corrected chi connectivity index (χ2v) is 7.69. The fourth-order valence-corrected chi connectivity index (χ4v) is 3.65. The smallest absolute Gasteiger partial charge is 0.188 e. The molecule has 0 spiro atoms. The lowest BCUT2D eigenvalue weighted by atomic mass is 10.2. The van der Waals surface area contributed by atoms with Crippen LogP contribution in [0.1, 0.15) is 10.6 Å². The van der Waals surface area contributed by atoms with E-state index in [4.69, 9.17) is 16.6 Å². The van der Waals surface area contributed by atoms with Gasteiger partial charge >= 0.3 is 0 Å². The number of fused-ring (bicyclic) bond motifs is 1. The zero-order valence-corrected chi connectivity index (χ0v) is 18.1. The lowest BCUT2D eigenvalue weighted by Crippen LogP contribution is -2.44. The molecule has 10 heteroatoms. The fourth-order valence-electron chi connectivity index (χ4n) is 3.47. The molecular formula is C21H23ClN8O. The number of likely N-dealkylation sites (N-methyl/N-ethyl adjacent to an activating group) is 1. The number of aldehydes is 1. The summed E-state index contributed by atoms with van der Waals surface area (Å²) in [7, 11) is 4.18. The van der Waals surface area contributed by atoms with Gasteiger partial charge in [-0.05, 0) is 25.2 Å². The predicted octanol–water partition coefficient (Wildman–Crippen LogP) is 2.66. The molecule has 31 heavy (non-hydrogen) atoms. The first kappa shape index (κ1) is 21.0. The average Bonchev–Trinajstić information content (AvgIpc) is 3.44. The molecule has 3 aromatic heterocycles. The van der Waals surface area contributed by atoms with Crippen LogP contribution in [-0.4, -0.2) is 74.1 Å². The van der Waals surface area contributed by atoms with Gasteiger partial charge in [-0.25, -0.2) is 15.0 Å². The van der Waals surface area contributed by atoms with Crippen molar-refractivity contribution in [1.29, 1.82) is 0 Å². The number of carbonyl (C=O) groups is 1. The van der Waals surface area contributed by atoms with Crippen LogP contribution in [0.5, 0.6) is 0 Å². The van der Waals surface area contributed by atoms with E-state index < -0.39 is 0 Å². The van der Waals surface area contributed by atoms with Gasteiger partial charge in [0.2, 0.25) is 0 Å². The maximum Gasteiger partial charge on any atom is 0.188 e. The molecule has 4 aromatic rings. The number of aryl methyl sites for hydroxylation is 1. The molecule has 1 saturated heterocycles. The van der Waals surface area contributed by atoms with Gasteiger partial charge in [0.05, 0.1) is 16.1 Å². The minimum absolute atomic E-state index is 0.264. The van der Waals surface area contributed by atoms with Gasteiger partial charge in [0.25, 0.3) is 0 Å². The molecule has 0 amide bonds.